The molecule has 0 fully saturated rings. The second kappa shape index (κ2) is 7.32. The van der Waals surface area contributed by atoms with Crippen molar-refractivity contribution >= 4 is 11.6 Å². The number of hydrogen-bond acceptors (Lipinski definition) is 2. The van der Waals surface area contributed by atoms with Gasteiger partial charge in [-0.05, 0) is 29.0 Å². The summed E-state index contributed by atoms with van der Waals surface area (Å²) in [4.78, 5) is 11.6. The lowest BCUT2D eigenvalue weighted by Crippen LogP contribution is -2.28. The Bertz CT molecular complexity index is 416. The second-order valence-electron chi connectivity index (χ2n) is 6.70. The third-order valence-corrected chi connectivity index (χ3v) is 3.14. The molecule has 0 aromatic heterocycles. The predicted molar refractivity (Wildman–Crippen MR) is 86.1 cm³/mol. The topological polar surface area (TPSA) is 41.1 Å². The fourth-order valence-electron chi connectivity index (χ4n) is 1.81. The Kier molecular flexibility index (Phi) is 6.05. The lowest BCUT2D eigenvalue weighted by Gasteiger charge is -2.19. The number of benzene rings is 1. The van der Waals surface area contributed by atoms with Gasteiger partial charge in [-0.3, -0.25) is 4.79 Å². The molecule has 0 spiro atoms. The number of carbonyl (C=O) groups is 1. The van der Waals surface area contributed by atoms with Crippen molar-refractivity contribution in [3.8, 4) is 0 Å². The first-order valence-corrected chi connectivity index (χ1v) is 7.40. The zero-order chi connectivity index (χ0) is 15.2. The molecule has 3 nitrogen and oxygen atoms in total. The minimum atomic E-state index is 0.109. The average molecular weight is 276 g/mol. The van der Waals surface area contributed by atoms with E-state index in [1.165, 1.54) is 5.56 Å². The van der Waals surface area contributed by atoms with Crippen molar-refractivity contribution in [2.24, 2.45) is 5.92 Å². The highest BCUT2D eigenvalue weighted by Gasteiger charge is 2.12. The van der Waals surface area contributed by atoms with Crippen molar-refractivity contribution in [2.45, 2.75) is 46.5 Å². The molecular weight excluding hydrogens is 248 g/mol. The minimum Gasteiger partial charge on any atom is -0.385 e. The highest BCUT2D eigenvalue weighted by atomic mass is 16.1. The molecule has 0 aliphatic carbocycles. The molecule has 0 heterocycles. The quantitative estimate of drug-likeness (QED) is 0.834. The predicted octanol–water partition coefficient (Wildman–Crippen LogP) is 3.56. The SMILES string of the molecule is CC(C)CNC(=O)CCNc1ccc(C(C)(C)C)cc1. The third-order valence-electron chi connectivity index (χ3n) is 3.14. The maximum Gasteiger partial charge on any atom is 0.221 e. The van der Waals surface area contributed by atoms with Crippen LogP contribution in [0.15, 0.2) is 24.3 Å². The summed E-state index contributed by atoms with van der Waals surface area (Å²) in [6.45, 7) is 12.2. The largest absolute Gasteiger partial charge is 0.385 e. The van der Waals surface area contributed by atoms with E-state index in [-0.39, 0.29) is 11.3 Å². The van der Waals surface area contributed by atoms with Crippen LogP contribution < -0.4 is 10.6 Å². The highest BCUT2D eigenvalue weighted by molar-refractivity contribution is 5.76. The Morgan fingerprint density at radius 2 is 1.75 bits per heavy atom. The molecule has 112 valence electrons. The molecule has 1 aromatic rings. The van der Waals surface area contributed by atoms with Crippen LogP contribution in [0.5, 0.6) is 0 Å². The van der Waals surface area contributed by atoms with Gasteiger partial charge in [0.2, 0.25) is 5.91 Å². The summed E-state index contributed by atoms with van der Waals surface area (Å²) >= 11 is 0. The molecule has 0 aliphatic rings. The summed E-state index contributed by atoms with van der Waals surface area (Å²) in [6.07, 6.45) is 0.508. The fraction of sp³-hybridized carbons (Fsp3) is 0.588. The van der Waals surface area contributed by atoms with Crippen LogP contribution >= 0.6 is 0 Å². The first-order valence-electron chi connectivity index (χ1n) is 7.40. The molecule has 20 heavy (non-hydrogen) atoms. The first-order chi connectivity index (χ1) is 9.29. The standard InChI is InChI=1S/C17H28N2O/c1-13(2)12-19-16(20)10-11-18-15-8-6-14(7-9-15)17(3,4)5/h6-9,13,18H,10-12H2,1-5H3,(H,19,20). The number of rotatable bonds is 6. The smallest absolute Gasteiger partial charge is 0.221 e. The normalized spacial score (nSPS) is 11.5. The molecular formula is C17H28N2O. The first kappa shape index (κ1) is 16.5. The zero-order valence-electron chi connectivity index (χ0n) is 13.4. The molecule has 2 N–H and O–H groups in total. The van der Waals surface area contributed by atoms with E-state index in [9.17, 15) is 4.79 Å². The van der Waals surface area contributed by atoms with Crippen LogP contribution in [0.2, 0.25) is 0 Å². The minimum absolute atomic E-state index is 0.109. The molecule has 0 radical (unpaired) electrons. The molecule has 0 bridgehead atoms. The van der Waals surface area contributed by atoms with Crippen LogP contribution in [0.3, 0.4) is 0 Å². The van der Waals surface area contributed by atoms with Crippen molar-refractivity contribution in [1.29, 1.82) is 0 Å². The van der Waals surface area contributed by atoms with E-state index in [4.69, 9.17) is 0 Å². The summed E-state index contributed by atoms with van der Waals surface area (Å²) in [6, 6.07) is 8.43. The van der Waals surface area contributed by atoms with Gasteiger partial charge < -0.3 is 10.6 Å². The van der Waals surface area contributed by atoms with Gasteiger partial charge in [0.25, 0.3) is 0 Å². The van der Waals surface area contributed by atoms with Crippen molar-refractivity contribution < 1.29 is 4.79 Å². The molecule has 0 saturated heterocycles. The molecule has 0 saturated carbocycles. The third kappa shape index (κ3) is 6.09. The van der Waals surface area contributed by atoms with Gasteiger partial charge >= 0.3 is 0 Å². The summed E-state index contributed by atoms with van der Waals surface area (Å²) in [5, 5.41) is 6.20. The molecule has 0 aliphatic heterocycles. The van der Waals surface area contributed by atoms with E-state index < -0.39 is 0 Å². The molecule has 0 atom stereocenters. The maximum absolute atomic E-state index is 11.6. The number of hydrogen-bond donors (Lipinski definition) is 2. The van der Waals surface area contributed by atoms with Gasteiger partial charge in [0.15, 0.2) is 0 Å². The van der Waals surface area contributed by atoms with E-state index in [2.05, 4.69) is 69.5 Å². The number of nitrogens with one attached hydrogen (secondary N) is 2. The number of amides is 1. The van der Waals surface area contributed by atoms with Crippen LogP contribution in [0.1, 0.15) is 46.6 Å². The number of carbonyl (C=O) groups excluding carboxylic acids is 1. The van der Waals surface area contributed by atoms with Gasteiger partial charge in [-0.2, -0.15) is 0 Å². The summed E-state index contributed by atoms with van der Waals surface area (Å²) in [5.74, 6) is 0.606. The van der Waals surface area contributed by atoms with Crippen molar-refractivity contribution in [1.82, 2.24) is 5.32 Å². The second-order valence-corrected chi connectivity index (χ2v) is 6.70. The van der Waals surface area contributed by atoms with E-state index >= 15 is 0 Å². The molecule has 1 aromatic carbocycles. The van der Waals surface area contributed by atoms with Crippen LogP contribution in [0.25, 0.3) is 0 Å². The van der Waals surface area contributed by atoms with Gasteiger partial charge in [0.1, 0.15) is 0 Å². The van der Waals surface area contributed by atoms with Crippen LogP contribution in [0.4, 0.5) is 5.69 Å². The summed E-state index contributed by atoms with van der Waals surface area (Å²) in [7, 11) is 0. The number of anilines is 1. The van der Waals surface area contributed by atoms with Gasteiger partial charge in [0.05, 0.1) is 0 Å². The van der Waals surface area contributed by atoms with E-state index in [1.807, 2.05) is 0 Å². The summed E-state index contributed by atoms with van der Waals surface area (Å²) < 4.78 is 0. The van der Waals surface area contributed by atoms with Crippen molar-refractivity contribution in [3.05, 3.63) is 29.8 Å². The Hall–Kier alpha value is -1.51. The van der Waals surface area contributed by atoms with Gasteiger partial charge in [0, 0.05) is 25.2 Å². The van der Waals surface area contributed by atoms with Crippen LogP contribution in [-0.4, -0.2) is 19.0 Å². The maximum atomic E-state index is 11.6. The van der Waals surface area contributed by atoms with E-state index in [0.29, 0.717) is 18.9 Å². The molecule has 1 amide bonds. The van der Waals surface area contributed by atoms with Crippen LogP contribution in [-0.2, 0) is 10.2 Å². The molecule has 3 heteroatoms. The Morgan fingerprint density at radius 1 is 1.15 bits per heavy atom. The average Bonchev–Trinajstić information content (AvgIpc) is 2.36. The Balaban J connectivity index is 2.34. The van der Waals surface area contributed by atoms with Crippen molar-refractivity contribution in [2.75, 3.05) is 18.4 Å². The Morgan fingerprint density at radius 3 is 2.25 bits per heavy atom. The zero-order valence-corrected chi connectivity index (χ0v) is 13.4. The molecule has 0 unspecified atom stereocenters. The summed E-state index contributed by atoms with van der Waals surface area (Å²) in [5.41, 5.74) is 2.56. The van der Waals surface area contributed by atoms with E-state index in [1.54, 1.807) is 0 Å². The van der Waals surface area contributed by atoms with Gasteiger partial charge in [-0.1, -0.05) is 46.8 Å². The van der Waals surface area contributed by atoms with E-state index in [0.717, 1.165) is 12.2 Å². The van der Waals surface area contributed by atoms with Gasteiger partial charge in [-0.25, -0.2) is 0 Å². The lowest BCUT2D eigenvalue weighted by molar-refractivity contribution is -0.120. The van der Waals surface area contributed by atoms with Gasteiger partial charge in [-0.15, -0.1) is 0 Å². The Labute approximate surface area is 123 Å². The highest BCUT2D eigenvalue weighted by Crippen LogP contribution is 2.23. The monoisotopic (exact) mass is 276 g/mol. The fourth-order valence-corrected chi connectivity index (χ4v) is 1.81. The van der Waals surface area contributed by atoms with Crippen molar-refractivity contribution in [3.63, 3.8) is 0 Å². The van der Waals surface area contributed by atoms with Crippen LogP contribution in [0, 0.1) is 5.92 Å². The lowest BCUT2D eigenvalue weighted by atomic mass is 9.87. The molecule has 1 rings (SSSR count).